The first-order valence-electron chi connectivity index (χ1n) is 1.84. The molecule has 15 heavy (non-hydrogen) atoms. The molecular formula is C3H2O10Yb2. The molecule has 0 rings (SSSR count). The zero-order chi connectivity index (χ0) is 10.7. The van der Waals surface area contributed by atoms with E-state index in [1.807, 2.05) is 0 Å². The molecule has 0 aromatic carbocycles. The van der Waals surface area contributed by atoms with Crippen LogP contribution >= 0.6 is 0 Å². The maximum absolute atomic E-state index is 8.33. The summed E-state index contributed by atoms with van der Waals surface area (Å²) in [4.78, 5) is 25.0. The van der Waals surface area contributed by atoms with E-state index in [0.29, 0.717) is 0 Å². The summed E-state index contributed by atoms with van der Waals surface area (Å²) in [7, 11) is 0. The molecule has 0 aliphatic rings. The van der Waals surface area contributed by atoms with Gasteiger partial charge in [-0.25, -0.2) is 0 Å². The van der Waals surface area contributed by atoms with Gasteiger partial charge in [-0.2, -0.15) is 0 Å². The second-order valence-corrected chi connectivity index (χ2v) is 0.750. The Hall–Kier alpha value is 0.809. The van der Waals surface area contributed by atoms with Crippen molar-refractivity contribution in [2.45, 2.75) is 0 Å². The fourth-order valence-electron chi connectivity index (χ4n) is 0. The molecule has 0 fully saturated rings. The molecule has 0 saturated heterocycles. The van der Waals surface area contributed by atoms with Gasteiger partial charge in [0.25, 0.3) is 0 Å². The minimum atomic E-state index is -2.33. The van der Waals surface area contributed by atoms with Gasteiger partial charge < -0.3 is 50.5 Å². The van der Waals surface area contributed by atoms with E-state index in [4.69, 9.17) is 45.0 Å². The average Bonchev–Trinajstić information content (AvgIpc) is 1.54. The van der Waals surface area contributed by atoms with Gasteiger partial charge in [-0.1, -0.05) is 0 Å². The van der Waals surface area contributed by atoms with Crippen LogP contribution in [0.5, 0.6) is 0 Å². The summed E-state index contributed by atoms with van der Waals surface area (Å²) in [5, 5.41) is 50.0. The Kier molecular flexibility index (Phi) is 70.5. The Morgan fingerprint density at radius 3 is 0.533 bits per heavy atom. The quantitative estimate of drug-likeness (QED) is 0.282. The van der Waals surface area contributed by atoms with E-state index in [1.165, 1.54) is 0 Å². The van der Waals surface area contributed by atoms with Crippen molar-refractivity contribution in [2.24, 2.45) is 0 Å². The largest absolute Gasteiger partial charge is 3.00 e. The first-order valence-corrected chi connectivity index (χ1v) is 1.84. The normalized spacial score (nSPS) is 4.80. The van der Waals surface area contributed by atoms with Crippen LogP contribution in [0.3, 0.4) is 0 Å². The summed E-state index contributed by atoms with van der Waals surface area (Å²) in [6.45, 7) is 0. The number of hydrogen-bond donors (Lipinski definition) is 0. The molecule has 0 atom stereocenters. The number of rotatable bonds is 0. The molecule has 0 heterocycles. The maximum Gasteiger partial charge on any atom is 3.00 e. The monoisotopic (exact) mass is 546 g/mol. The number of carboxylic acid groups (broad SMARTS) is 6. The van der Waals surface area contributed by atoms with Crippen LogP contribution in [0, 0.1) is 93.8 Å². The van der Waals surface area contributed by atoms with Crippen LogP contribution in [0.15, 0.2) is 0 Å². The molecule has 0 aliphatic heterocycles. The van der Waals surface area contributed by atoms with Crippen molar-refractivity contribution in [3.8, 4) is 0 Å². The third-order valence-corrected chi connectivity index (χ3v) is 0. The maximum atomic E-state index is 8.33. The second-order valence-electron chi connectivity index (χ2n) is 0.750. The molecule has 0 aromatic heterocycles. The molecule has 0 saturated carbocycles. The minimum Gasteiger partial charge on any atom is -0.652 e. The van der Waals surface area contributed by atoms with Crippen LogP contribution < -0.4 is 30.6 Å². The molecule has 102 valence electrons. The van der Waals surface area contributed by atoms with E-state index in [0.717, 1.165) is 0 Å². The van der Waals surface area contributed by atoms with E-state index in [1.54, 1.807) is 0 Å². The summed E-state index contributed by atoms with van der Waals surface area (Å²) >= 11 is 0. The van der Waals surface area contributed by atoms with Crippen LogP contribution in [0.2, 0.25) is 0 Å². The van der Waals surface area contributed by atoms with Crippen molar-refractivity contribution in [1.29, 1.82) is 0 Å². The predicted molar refractivity (Wildman–Crippen MR) is 19.8 cm³/mol. The van der Waals surface area contributed by atoms with Crippen molar-refractivity contribution in [2.75, 3.05) is 0 Å². The third kappa shape index (κ3) is 3710. The van der Waals surface area contributed by atoms with Gasteiger partial charge >= 0.3 is 93.8 Å². The molecular weight excluding hydrogens is 542 g/mol. The van der Waals surface area contributed by atoms with Crippen molar-refractivity contribution in [3.05, 3.63) is 0 Å². The Balaban J connectivity index is -0.0000000184. The third-order valence-electron chi connectivity index (χ3n) is 0. The fraction of sp³-hybridized carbons (Fsp3) is 0. The smallest absolute Gasteiger partial charge is 0.652 e. The van der Waals surface area contributed by atoms with Crippen LogP contribution in [0.25, 0.3) is 0 Å². The summed E-state index contributed by atoms with van der Waals surface area (Å²) in [5.41, 5.74) is 0. The van der Waals surface area contributed by atoms with Gasteiger partial charge in [-0.3, -0.25) is 0 Å². The van der Waals surface area contributed by atoms with Crippen LogP contribution in [-0.2, 0) is 0 Å². The molecule has 0 amide bonds. The minimum absolute atomic E-state index is 0. The second kappa shape index (κ2) is 29.3. The van der Waals surface area contributed by atoms with Crippen molar-refractivity contribution < 1.29 is 144 Å². The Morgan fingerprint density at radius 1 is 0.533 bits per heavy atom. The van der Waals surface area contributed by atoms with Crippen LogP contribution in [-0.4, -0.2) is 23.9 Å². The first kappa shape index (κ1) is 36.0. The van der Waals surface area contributed by atoms with Gasteiger partial charge in [-0.15, -0.1) is 0 Å². The zero-order valence-corrected chi connectivity index (χ0v) is 9.64. The predicted octanol–water partition coefficient (Wildman–Crippen LogP) is -8.17. The molecule has 0 aliphatic carbocycles. The van der Waals surface area contributed by atoms with Crippen molar-refractivity contribution >= 4 is 18.5 Å². The number of carbonyl (C=O) groups excluding carboxylic acids is 3. The van der Waals surface area contributed by atoms with Gasteiger partial charge in [0.1, 0.15) is 0 Å². The van der Waals surface area contributed by atoms with E-state index in [2.05, 4.69) is 0 Å². The zero-order valence-electron chi connectivity index (χ0n) is 6.21. The van der Waals surface area contributed by atoms with Gasteiger partial charge in [0.05, 0.1) is 0 Å². The van der Waals surface area contributed by atoms with Crippen LogP contribution in [0.4, 0.5) is 14.4 Å². The molecule has 10 nitrogen and oxygen atoms in total. The van der Waals surface area contributed by atoms with Crippen molar-refractivity contribution in [1.82, 2.24) is 0 Å². The standard InChI is InChI=1S/3CH2O3.H2O.2Yb/c3*2-1(3)4;;;/h3*(H2,2,3,4);1H2;;/q;;;;2*+3/p-6. The molecule has 0 spiro atoms. The van der Waals surface area contributed by atoms with E-state index in [9.17, 15) is 0 Å². The molecule has 12 heteroatoms. The Morgan fingerprint density at radius 2 is 0.533 bits per heavy atom. The number of carbonyl (C=O) groups is 3. The van der Waals surface area contributed by atoms with Gasteiger partial charge in [-0.05, 0) is 18.5 Å². The number of hydrogen-bond acceptors (Lipinski definition) is 9. The summed E-state index contributed by atoms with van der Waals surface area (Å²) in [6.07, 6.45) is -7.00. The summed E-state index contributed by atoms with van der Waals surface area (Å²) in [5.74, 6) is 0. The van der Waals surface area contributed by atoms with Gasteiger partial charge in [0, 0.05) is 0 Å². The molecule has 0 bridgehead atoms. The first-order chi connectivity index (χ1) is 5.20. The summed E-state index contributed by atoms with van der Waals surface area (Å²) < 4.78 is 0. The Bertz CT molecular complexity index is 116. The van der Waals surface area contributed by atoms with Gasteiger partial charge in [0.2, 0.25) is 0 Å². The fourth-order valence-corrected chi connectivity index (χ4v) is 0. The molecule has 2 radical (unpaired) electrons. The van der Waals surface area contributed by atoms with Crippen LogP contribution in [0.1, 0.15) is 0 Å². The van der Waals surface area contributed by atoms with Gasteiger partial charge in [0.15, 0.2) is 0 Å². The average molecular weight is 544 g/mol. The molecule has 0 unspecified atom stereocenters. The van der Waals surface area contributed by atoms with Crippen molar-refractivity contribution in [3.63, 3.8) is 0 Å². The SMILES string of the molecule is O.O=C([O-])[O-].O=C([O-])[O-].O=C([O-])[O-].[Yb+3].[Yb+3]. The summed E-state index contributed by atoms with van der Waals surface area (Å²) in [6, 6.07) is 0. The topological polar surface area (TPSA) is 221 Å². The van der Waals surface area contributed by atoms with E-state index in [-0.39, 0.29) is 99.3 Å². The van der Waals surface area contributed by atoms with E-state index < -0.39 is 18.5 Å². The Labute approximate surface area is 160 Å². The molecule has 0 aromatic rings. The van der Waals surface area contributed by atoms with E-state index >= 15 is 0 Å². The molecule has 2 N–H and O–H groups in total.